The number of hydrogen-bond acceptors (Lipinski definition) is 4. The van der Waals surface area contributed by atoms with Gasteiger partial charge in [0.1, 0.15) is 5.82 Å². The van der Waals surface area contributed by atoms with Gasteiger partial charge in [0.05, 0.1) is 5.25 Å². The Kier molecular flexibility index (Phi) is 4.66. The summed E-state index contributed by atoms with van der Waals surface area (Å²) in [5.41, 5.74) is 0.798. The average molecular weight is 334 g/mol. The number of amides is 1. The number of aromatic nitrogens is 3. The van der Waals surface area contributed by atoms with Crippen molar-refractivity contribution >= 4 is 17.7 Å². The Morgan fingerprint density at radius 1 is 1.22 bits per heavy atom. The summed E-state index contributed by atoms with van der Waals surface area (Å²) in [6, 6.07) is 6.14. The third kappa shape index (κ3) is 3.39. The molecule has 1 aromatic heterocycles. The van der Waals surface area contributed by atoms with E-state index >= 15 is 0 Å². The Morgan fingerprint density at radius 2 is 1.87 bits per heavy atom. The zero-order valence-corrected chi connectivity index (χ0v) is 14.0. The van der Waals surface area contributed by atoms with E-state index in [1.807, 2.05) is 23.4 Å². The maximum absolute atomic E-state index is 13.0. The second kappa shape index (κ2) is 6.70. The molecule has 0 N–H and O–H groups in total. The van der Waals surface area contributed by atoms with Crippen LogP contribution in [0, 0.1) is 5.82 Å². The number of rotatable bonds is 4. The van der Waals surface area contributed by atoms with E-state index in [4.69, 9.17) is 0 Å². The van der Waals surface area contributed by atoms with Gasteiger partial charge in [-0.1, -0.05) is 11.8 Å². The van der Waals surface area contributed by atoms with Crippen LogP contribution < -0.4 is 0 Å². The highest BCUT2D eigenvalue weighted by atomic mass is 32.2. The van der Waals surface area contributed by atoms with Gasteiger partial charge in [0.15, 0.2) is 11.0 Å². The van der Waals surface area contributed by atoms with Crippen molar-refractivity contribution in [3.05, 3.63) is 30.1 Å². The molecule has 0 radical (unpaired) electrons. The summed E-state index contributed by atoms with van der Waals surface area (Å²) in [4.78, 5) is 14.3. The summed E-state index contributed by atoms with van der Waals surface area (Å²) in [7, 11) is 1.86. The lowest BCUT2D eigenvalue weighted by molar-refractivity contribution is -0.129. The molecule has 2 heterocycles. The van der Waals surface area contributed by atoms with Crippen LogP contribution >= 0.6 is 11.8 Å². The van der Waals surface area contributed by atoms with Gasteiger partial charge in [-0.2, -0.15) is 0 Å². The summed E-state index contributed by atoms with van der Waals surface area (Å²) in [6.07, 6.45) is 2.17. The standard InChI is InChI=1S/C16H19FN4OS/c1-11(15(22)21-9-3-4-10-21)23-16-19-18-14(20(16)2)12-5-7-13(17)8-6-12/h5-8,11H,3-4,9-10H2,1-2H3. The van der Waals surface area contributed by atoms with Gasteiger partial charge in [0.2, 0.25) is 5.91 Å². The third-order valence-corrected chi connectivity index (χ3v) is 5.11. The Labute approximate surface area is 138 Å². The molecular weight excluding hydrogens is 315 g/mol. The lowest BCUT2D eigenvalue weighted by Crippen LogP contribution is -2.34. The summed E-state index contributed by atoms with van der Waals surface area (Å²) >= 11 is 1.41. The lowest BCUT2D eigenvalue weighted by Gasteiger charge is -2.19. The van der Waals surface area contributed by atoms with Crippen molar-refractivity contribution in [1.29, 1.82) is 0 Å². The number of carbonyl (C=O) groups is 1. The molecule has 1 aliphatic rings. The summed E-state index contributed by atoms with van der Waals surface area (Å²) in [5.74, 6) is 0.530. The molecule has 1 aromatic carbocycles. The molecule has 122 valence electrons. The van der Waals surface area contributed by atoms with Crippen molar-refractivity contribution < 1.29 is 9.18 Å². The molecule has 5 nitrogen and oxygen atoms in total. The Bertz CT molecular complexity index is 695. The van der Waals surface area contributed by atoms with Gasteiger partial charge < -0.3 is 9.47 Å². The SMILES string of the molecule is CC(Sc1nnc(-c2ccc(F)cc2)n1C)C(=O)N1CCCC1. The summed E-state index contributed by atoms with van der Waals surface area (Å²) in [6.45, 7) is 3.60. The van der Waals surface area contributed by atoms with Crippen molar-refractivity contribution in [2.45, 2.75) is 30.2 Å². The highest BCUT2D eigenvalue weighted by Crippen LogP contribution is 2.27. The molecule has 1 fully saturated rings. The summed E-state index contributed by atoms with van der Waals surface area (Å²) < 4.78 is 14.9. The molecule has 0 bridgehead atoms. The van der Waals surface area contributed by atoms with E-state index in [0.717, 1.165) is 31.5 Å². The van der Waals surface area contributed by atoms with E-state index in [0.29, 0.717) is 11.0 Å². The quantitative estimate of drug-likeness (QED) is 0.807. The number of hydrogen-bond donors (Lipinski definition) is 0. The Hall–Kier alpha value is -1.89. The van der Waals surface area contributed by atoms with Gasteiger partial charge in [-0.25, -0.2) is 4.39 Å². The molecule has 2 aromatic rings. The van der Waals surface area contributed by atoms with Crippen molar-refractivity contribution in [3.63, 3.8) is 0 Å². The van der Waals surface area contributed by atoms with E-state index in [1.165, 1.54) is 23.9 Å². The molecule has 23 heavy (non-hydrogen) atoms. The normalized spacial score (nSPS) is 15.9. The first-order valence-electron chi connectivity index (χ1n) is 7.67. The first-order chi connectivity index (χ1) is 11.1. The van der Waals surface area contributed by atoms with Crippen LogP contribution in [0.2, 0.25) is 0 Å². The van der Waals surface area contributed by atoms with Crippen molar-refractivity contribution in [3.8, 4) is 11.4 Å². The van der Waals surface area contributed by atoms with Gasteiger partial charge in [0.25, 0.3) is 0 Å². The van der Waals surface area contributed by atoms with Gasteiger partial charge >= 0.3 is 0 Å². The average Bonchev–Trinajstić information content (AvgIpc) is 3.19. The topological polar surface area (TPSA) is 51.0 Å². The van der Waals surface area contributed by atoms with Crippen molar-refractivity contribution in [1.82, 2.24) is 19.7 Å². The maximum atomic E-state index is 13.0. The van der Waals surface area contributed by atoms with E-state index in [9.17, 15) is 9.18 Å². The van der Waals surface area contributed by atoms with Gasteiger partial charge in [0, 0.05) is 25.7 Å². The Balaban J connectivity index is 1.74. The largest absolute Gasteiger partial charge is 0.342 e. The fourth-order valence-corrected chi connectivity index (χ4v) is 3.57. The minimum Gasteiger partial charge on any atom is -0.342 e. The second-order valence-electron chi connectivity index (χ2n) is 5.66. The van der Waals surface area contributed by atoms with Crippen LogP contribution in [0.5, 0.6) is 0 Å². The number of thioether (sulfide) groups is 1. The monoisotopic (exact) mass is 334 g/mol. The Morgan fingerprint density at radius 3 is 2.52 bits per heavy atom. The van der Waals surface area contributed by atoms with Gasteiger partial charge in [-0.15, -0.1) is 10.2 Å². The molecule has 3 rings (SSSR count). The maximum Gasteiger partial charge on any atom is 0.235 e. The molecule has 1 atom stereocenters. The molecule has 1 saturated heterocycles. The number of nitrogens with zero attached hydrogens (tertiary/aromatic N) is 4. The highest BCUT2D eigenvalue weighted by molar-refractivity contribution is 8.00. The minimum absolute atomic E-state index is 0.152. The molecule has 1 aliphatic heterocycles. The van der Waals surface area contributed by atoms with Crippen molar-refractivity contribution in [2.24, 2.45) is 7.05 Å². The number of carbonyl (C=O) groups excluding carboxylic acids is 1. The molecule has 7 heteroatoms. The predicted octanol–water partition coefficient (Wildman–Crippen LogP) is 2.72. The van der Waals surface area contributed by atoms with E-state index < -0.39 is 0 Å². The third-order valence-electron chi connectivity index (χ3n) is 3.99. The number of benzene rings is 1. The van der Waals surface area contributed by atoms with E-state index in [-0.39, 0.29) is 17.0 Å². The molecule has 1 amide bonds. The summed E-state index contributed by atoms with van der Waals surface area (Å²) in [5, 5.41) is 8.83. The zero-order valence-electron chi connectivity index (χ0n) is 13.2. The van der Waals surface area contributed by atoms with Crippen LogP contribution in [-0.2, 0) is 11.8 Å². The fourth-order valence-electron chi connectivity index (χ4n) is 2.67. The smallest absolute Gasteiger partial charge is 0.235 e. The molecule has 0 spiro atoms. The van der Waals surface area contributed by atoms with Crippen LogP contribution in [-0.4, -0.2) is 43.9 Å². The molecule has 0 aliphatic carbocycles. The van der Waals surface area contributed by atoms with E-state index in [1.54, 1.807) is 12.1 Å². The van der Waals surface area contributed by atoms with Crippen molar-refractivity contribution in [2.75, 3.05) is 13.1 Å². The lowest BCUT2D eigenvalue weighted by atomic mass is 10.2. The van der Waals surface area contributed by atoms with Gasteiger partial charge in [-0.3, -0.25) is 4.79 Å². The number of likely N-dealkylation sites (tertiary alicyclic amines) is 1. The zero-order chi connectivity index (χ0) is 16.4. The number of halogens is 1. The predicted molar refractivity (Wildman–Crippen MR) is 87.5 cm³/mol. The molecular formula is C16H19FN4OS. The minimum atomic E-state index is -0.282. The molecule has 1 unspecified atom stereocenters. The highest BCUT2D eigenvalue weighted by Gasteiger charge is 2.25. The van der Waals surface area contributed by atoms with E-state index in [2.05, 4.69) is 10.2 Å². The van der Waals surface area contributed by atoms with Crippen LogP contribution in [0.15, 0.2) is 29.4 Å². The van der Waals surface area contributed by atoms with Crippen LogP contribution in [0.4, 0.5) is 4.39 Å². The molecule has 0 saturated carbocycles. The van der Waals surface area contributed by atoms with Gasteiger partial charge in [-0.05, 0) is 44.0 Å². The first kappa shape index (κ1) is 16.0. The van der Waals surface area contributed by atoms with Crippen LogP contribution in [0.1, 0.15) is 19.8 Å². The van der Waals surface area contributed by atoms with Crippen LogP contribution in [0.25, 0.3) is 11.4 Å². The second-order valence-corrected chi connectivity index (χ2v) is 6.97. The first-order valence-corrected chi connectivity index (χ1v) is 8.55. The fraction of sp³-hybridized carbons (Fsp3) is 0.438. The van der Waals surface area contributed by atoms with Crippen LogP contribution in [0.3, 0.4) is 0 Å².